The number of fused-ring (bicyclic) bond motifs is 1. The highest BCUT2D eigenvalue weighted by atomic mass is 16.5. The van der Waals surface area contributed by atoms with E-state index >= 15 is 0 Å². The van der Waals surface area contributed by atoms with Crippen LogP contribution < -0.4 is 14.2 Å². The van der Waals surface area contributed by atoms with Crippen LogP contribution in [0.5, 0.6) is 17.2 Å². The molecule has 0 bridgehead atoms. The first-order chi connectivity index (χ1) is 13.0. The number of aliphatic hydroxyl groups is 1. The number of nitrogens with zero attached hydrogens (tertiary/aromatic N) is 1. The van der Waals surface area contributed by atoms with E-state index in [-0.39, 0.29) is 18.1 Å². The largest absolute Gasteiger partial charge is 0.493 e. The number of hydrogen-bond acceptors (Lipinski definition) is 6. The van der Waals surface area contributed by atoms with Gasteiger partial charge in [-0.15, -0.1) is 0 Å². The van der Waals surface area contributed by atoms with Gasteiger partial charge < -0.3 is 29.0 Å². The Morgan fingerprint density at radius 3 is 2.30 bits per heavy atom. The average molecular weight is 379 g/mol. The fourth-order valence-electron chi connectivity index (χ4n) is 4.69. The van der Waals surface area contributed by atoms with Crippen molar-refractivity contribution in [2.75, 3.05) is 35.0 Å². The molecule has 1 aliphatic carbocycles. The summed E-state index contributed by atoms with van der Waals surface area (Å²) in [6.07, 6.45) is 3.82. The first kappa shape index (κ1) is 19.6. The maximum absolute atomic E-state index is 12.5. The Morgan fingerprint density at radius 2 is 1.74 bits per heavy atom. The topological polar surface area (TPSA) is 77.5 Å². The standard InChI is InChI=1S/C20H29NO6/c1-24-15-11-13(12-16(25-2)18(15)26-3)17-14-7-5-6-8-20(14,23)9-10-21(17)19(22)27-4/h11-12,14,17,23H,5-10H2,1-4H3. The third kappa shape index (κ3) is 3.40. The Morgan fingerprint density at radius 1 is 1.07 bits per heavy atom. The van der Waals surface area contributed by atoms with E-state index in [0.29, 0.717) is 30.2 Å². The van der Waals surface area contributed by atoms with E-state index in [0.717, 1.165) is 31.2 Å². The summed E-state index contributed by atoms with van der Waals surface area (Å²) in [5.41, 5.74) is 0.0771. The quantitative estimate of drug-likeness (QED) is 0.866. The lowest BCUT2D eigenvalue weighted by Gasteiger charge is -2.52. The average Bonchev–Trinajstić information content (AvgIpc) is 2.70. The van der Waals surface area contributed by atoms with E-state index in [4.69, 9.17) is 18.9 Å². The van der Waals surface area contributed by atoms with Crippen molar-refractivity contribution in [2.24, 2.45) is 5.92 Å². The molecule has 1 N–H and O–H groups in total. The summed E-state index contributed by atoms with van der Waals surface area (Å²) >= 11 is 0. The molecule has 1 amide bonds. The number of amides is 1. The van der Waals surface area contributed by atoms with E-state index in [9.17, 15) is 9.90 Å². The molecule has 3 atom stereocenters. The van der Waals surface area contributed by atoms with Crippen molar-refractivity contribution in [3.05, 3.63) is 17.7 Å². The zero-order valence-electron chi connectivity index (χ0n) is 16.5. The molecular formula is C20H29NO6. The fraction of sp³-hybridized carbons (Fsp3) is 0.650. The molecule has 1 aromatic rings. The predicted octanol–water partition coefficient (Wildman–Crippen LogP) is 3.15. The third-order valence-corrected chi connectivity index (χ3v) is 6.01. The molecule has 7 nitrogen and oxygen atoms in total. The number of ether oxygens (including phenoxy) is 4. The van der Waals surface area contributed by atoms with Crippen LogP contribution in [-0.4, -0.2) is 56.7 Å². The molecule has 1 aliphatic heterocycles. The lowest BCUT2D eigenvalue weighted by atomic mass is 9.66. The van der Waals surface area contributed by atoms with Crippen LogP contribution in [0.4, 0.5) is 4.79 Å². The summed E-state index contributed by atoms with van der Waals surface area (Å²) in [5, 5.41) is 11.3. The zero-order valence-corrected chi connectivity index (χ0v) is 16.5. The predicted molar refractivity (Wildman–Crippen MR) is 99.5 cm³/mol. The van der Waals surface area contributed by atoms with Gasteiger partial charge in [0, 0.05) is 12.5 Å². The van der Waals surface area contributed by atoms with Crippen molar-refractivity contribution in [3.8, 4) is 17.2 Å². The molecule has 1 heterocycles. The number of hydrogen-bond donors (Lipinski definition) is 1. The molecule has 27 heavy (non-hydrogen) atoms. The van der Waals surface area contributed by atoms with Gasteiger partial charge in [-0.3, -0.25) is 0 Å². The highest BCUT2D eigenvalue weighted by Crippen LogP contribution is 2.51. The van der Waals surface area contributed by atoms with Gasteiger partial charge in [0.1, 0.15) is 0 Å². The second-order valence-electron chi connectivity index (χ2n) is 7.27. The first-order valence-electron chi connectivity index (χ1n) is 9.36. The second-order valence-corrected chi connectivity index (χ2v) is 7.27. The number of carbonyl (C=O) groups excluding carboxylic acids is 1. The van der Waals surface area contributed by atoms with Crippen molar-refractivity contribution in [3.63, 3.8) is 0 Å². The van der Waals surface area contributed by atoms with Gasteiger partial charge in [0.05, 0.1) is 40.1 Å². The number of benzene rings is 1. The maximum atomic E-state index is 12.5. The van der Waals surface area contributed by atoms with Crippen molar-refractivity contribution >= 4 is 6.09 Å². The van der Waals surface area contributed by atoms with Crippen LogP contribution >= 0.6 is 0 Å². The summed E-state index contributed by atoms with van der Waals surface area (Å²) in [7, 11) is 6.07. The van der Waals surface area contributed by atoms with Crippen LogP contribution in [0.1, 0.15) is 43.7 Å². The van der Waals surface area contributed by atoms with Gasteiger partial charge in [0.25, 0.3) is 0 Å². The van der Waals surface area contributed by atoms with Gasteiger partial charge in [-0.1, -0.05) is 12.8 Å². The van der Waals surface area contributed by atoms with Crippen LogP contribution in [0.3, 0.4) is 0 Å². The monoisotopic (exact) mass is 379 g/mol. The van der Waals surface area contributed by atoms with Crippen molar-refractivity contribution in [1.82, 2.24) is 4.90 Å². The highest BCUT2D eigenvalue weighted by Gasteiger charge is 2.50. The number of likely N-dealkylation sites (tertiary alicyclic amines) is 1. The lowest BCUT2D eigenvalue weighted by molar-refractivity contribution is -0.117. The second kappa shape index (κ2) is 7.84. The Kier molecular flexibility index (Phi) is 5.69. The zero-order chi connectivity index (χ0) is 19.6. The smallest absolute Gasteiger partial charge is 0.410 e. The van der Waals surface area contributed by atoms with Crippen molar-refractivity contribution < 1.29 is 28.8 Å². The Labute approximate surface area is 160 Å². The Balaban J connectivity index is 2.12. The van der Waals surface area contributed by atoms with Gasteiger partial charge >= 0.3 is 6.09 Å². The van der Waals surface area contributed by atoms with Crippen LogP contribution in [0.15, 0.2) is 12.1 Å². The molecule has 0 radical (unpaired) electrons. The molecule has 1 saturated carbocycles. The normalized spacial score (nSPS) is 27.5. The van der Waals surface area contributed by atoms with Crippen LogP contribution in [0.25, 0.3) is 0 Å². The first-order valence-corrected chi connectivity index (χ1v) is 9.36. The molecule has 2 aliphatic rings. The van der Waals surface area contributed by atoms with Gasteiger partial charge in [-0.2, -0.15) is 0 Å². The minimum Gasteiger partial charge on any atom is -0.493 e. The SMILES string of the molecule is COC(=O)N1CCC2(O)CCCCC2C1c1cc(OC)c(OC)c(OC)c1. The maximum Gasteiger partial charge on any atom is 0.410 e. The molecule has 7 heteroatoms. The molecule has 150 valence electrons. The van der Waals surface area contributed by atoms with Crippen LogP contribution in [0.2, 0.25) is 0 Å². The summed E-state index contributed by atoms with van der Waals surface area (Å²) in [4.78, 5) is 14.2. The Bertz CT molecular complexity index is 668. The molecular weight excluding hydrogens is 350 g/mol. The third-order valence-electron chi connectivity index (χ3n) is 6.01. The number of rotatable bonds is 4. The van der Waals surface area contributed by atoms with E-state index in [1.807, 2.05) is 12.1 Å². The van der Waals surface area contributed by atoms with E-state index in [1.165, 1.54) is 7.11 Å². The van der Waals surface area contributed by atoms with Gasteiger partial charge in [-0.25, -0.2) is 4.79 Å². The summed E-state index contributed by atoms with van der Waals surface area (Å²) in [5.74, 6) is 1.49. The van der Waals surface area contributed by atoms with Gasteiger partial charge in [-0.05, 0) is 37.0 Å². The van der Waals surface area contributed by atoms with Crippen molar-refractivity contribution in [2.45, 2.75) is 43.7 Å². The molecule has 1 saturated heterocycles. The van der Waals surface area contributed by atoms with E-state index in [1.54, 1.807) is 26.2 Å². The summed E-state index contributed by atoms with van der Waals surface area (Å²) < 4.78 is 21.4. The fourth-order valence-corrected chi connectivity index (χ4v) is 4.69. The minimum atomic E-state index is -0.770. The highest BCUT2D eigenvalue weighted by molar-refractivity contribution is 5.69. The summed E-state index contributed by atoms with van der Waals surface area (Å²) in [6.45, 7) is 0.445. The molecule has 3 unspecified atom stereocenters. The van der Waals surface area contributed by atoms with Gasteiger partial charge in [0.2, 0.25) is 5.75 Å². The van der Waals surface area contributed by atoms with Crippen LogP contribution in [-0.2, 0) is 4.74 Å². The summed E-state index contributed by atoms with van der Waals surface area (Å²) in [6, 6.07) is 3.41. The number of methoxy groups -OCH3 is 4. The Hall–Kier alpha value is -2.15. The number of piperidine rings is 1. The van der Waals surface area contributed by atoms with E-state index in [2.05, 4.69) is 0 Å². The molecule has 2 fully saturated rings. The van der Waals surface area contributed by atoms with Crippen LogP contribution in [0, 0.1) is 5.92 Å². The van der Waals surface area contributed by atoms with E-state index < -0.39 is 5.60 Å². The van der Waals surface area contributed by atoms with Gasteiger partial charge in [0.15, 0.2) is 11.5 Å². The lowest BCUT2D eigenvalue weighted by Crippen LogP contribution is -2.56. The van der Waals surface area contributed by atoms with Crippen molar-refractivity contribution in [1.29, 1.82) is 0 Å². The minimum absolute atomic E-state index is 0.0677. The molecule has 1 aromatic carbocycles. The molecule has 0 aromatic heterocycles. The number of carbonyl (C=O) groups is 1. The molecule has 0 spiro atoms. The molecule has 3 rings (SSSR count).